The van der Waals surface area contributed by atoms with Gasteiger partial charge in [-0.05, 0) is 121 Å². The van der Waals surface area contributed by atoms with Crippen LogP contribution in [0.2, 0.25) is 0 Å². The lowest BCUT2D eigenvalue weighted by molar-refractivity contribution is -0.246. The monoisotopic (exact) mass is 444 g/mol. The van der Waals surface area contributed by atoms with E-state index in [9.17, 15) is 10.2 Å². The number of aliphatic hydroxyl groups excluding tert-OH is 2. The molecule has 5 aliphatic carbocycles. The van der Waals surface area contributed by atoms with Crippen molar-refractivity contribution in [3.8, 4) is 0 Å². The van der Waals surface area contributed by atoms with Gasteiger partial charge in [0.05, 0.1) is 13.2 Å². The Morgan fingerprint density at radius 2 is 1.31 bits per heavy atom. The van der Waals surface area contributed by atoms with Crippen LogP contribution in [0.4, 0.5) is 0 Å². The fraction of sp³-hybridized carbons (Fsp3) is 1.00. The summed E-state index contributed by atoms with van der Waals surface area (Å²) in [6.45, 7) is 16.2. The van der Waals surface area contributed by atoms with E-state index in [2.05, 4.69) is 41.5 Å². The number of aliphatic hydroxyl groups is 2. The molecular weight excluding hydrogens is 392 g/mol. The molecule has 0 unspecified atom stereocenters. The van der Waals surface area contributed by atoms with Crippen molar-refractivity contribution in [2.24, 2.45) is 56.2 Å². The number of hydrogen-bond donors (Lipinski definition) is 2. The van der Waals surface area contributed by atoms with Crippen LogP contribution in [0.1, 0.15) is 119 Å². The van der Waals surface area contributed by atoms with Crippen LogP contribution in [0.3, 0.4) is 0 Å². The Labute approximate surface area is 198 Å². The summed E-state index contributed by atoms with van der Waals surface area (Å²) < 4.78 is 0. The molecular formula is C30H52O2. The summed E-state index contributed by atoms with van der Waals surface area (Å²) in [5.41, 5.74) is 2.03. The van der Waals surface area contributed by atoms with Gasteiger partial charge >= 0.3 is 0 Å². The van der Waals surface area contributed by atoms with Crippen LogP contribution in [-0.4, -0.2) is 23.4 Å². The third kappa shape index (κ3) is 2.90. The fourth-order valence-electron chi connectivity index (χ4n) is 11.6. The smallest absolute Gasteiger partial charge is 0.0509 e. The number of fused-ring (bicyclic) bond motifs is 7. The van der Waals surface area contributed by atoms with Crippen LogP contribution < -0.4 is 0 Å². The summed E-state index contributed by atoms with van der Waals surface area (Å²) in [7, 11) is 0. The highest BCUT2D eigenvalue weighted by atomic mass is 16.3. The third-order valence-corrected chi connectivity index (χ3v) is 13.8. The van der Waals surface area contributed by atoms with Crippen molar-refractivity contribution in [3.63, 3.8) is 0 Å². The second-order valence-electron chi connectivity index (χ2n) is 15.3. The van der Waals surface area contributed by atoms with E-state index in [4.69, 9.17) is 0 Å². The number of rotatable bonds is 2. The summed E-state index contributed by atoms with van der Waals surface area (Å²) >= 11 is 0. The van der Waals surface area contributed by atoms with Crippen molar-refractivity contribution in [1.29, 1.82) is 0 Å². The summed E-state index contributed by atoms with van der Waals surface area (Å²) in [4.78, 5) is 0. The summed E-state index contributed by atoms with van der Waals surface area (Å²) in [6, 6.07) is 0. The van der Waals surface area contributed by atoms with E-state index < -0.39 is 0 Å². The normalized spacial score (nSPS) is 54.0. The molecule has 0 aromatic carbocycles. The zero-order valence-corrected chi connectivity index (χ0v) is 22.1. The standard InChI is InChI=1S/C30H52O2/c1-25(2)11-7-12-27(4)23(25)10-13-29(6)24(27)9-8-21-22-18-30(19-31,20-32)17-15-26(22,3)14-16-28(21,29)5/h21-24,31-32H,7-20H2,1-6H3/t21-,22+,23+,24-,26+,27+,28-,29-/m1/s1. The van der Waals surface area contributed by atoms with Crippen LogP contribution in [0, 0.1) is 56.2 Å². The Hall–Kier alpha value is -0.0800. The largest absolute Gasteiger partial charge is 0.396 e. The molecule has 5 aliphatic rings. The minimum Gasteiger partial charge on any atom is -0.396 e. The van der Waals surface area contributed by atoms with E-state index in [0.29, 0.717) is 33.0 Å². The van der Waals surface area contributed by atoms with Crippen molar-refractivity contribution < 1.29 is 10.2 Å². The first kappa shape index (κ1) is 23.7. The minimum atomic E-state index is -0.239. The molecule has 2 nitrogen and oxygen atoms in total. The predicted octanol–water partition coefficient (Wildman–Crippen LogP) is 7.22. The summed E-state index contributed by atoms with van der Waals surface area (Å²) in [5.74, 6) is 3.18. The van der Waals surface area contributed by atoms with Crippen molar-refractivity contribution in [2.75, 3.05) is 13.2 Å². The predicted molar refractivity (Wildman–Crippen MR) is 132 cm³/mol. The summed E-state index contributed by atoms with van der Waals surface area (Å²) in [5, 5.41) is 20.5. The first-order chi connectivity index (χ1) is 14.9. The molecule has 5 rings (SSSR count). The van der Waals surface area contributed by atoms with Gasteiger partial charge in [0, 0.05) is 5.41 Å². The van der Waals surface area contributed by atoms with Gasteiger partial charge in [-0.2, -0.15) is 0 Å². The van der Waals surface area contributed by atoms with E-state index in [0.717, 1.165) is 30.6 Å². The average Bonchev–Trinajstić information content (AvgIpc) is 2.74. The lowest BCUT2D eigenvalue weighted by Crippen LogP contribution is -2.66. The SMILES string of the molecule is CC1(C)CCC[C@]2(C)[C@H]3CC[C@@H]4[C@@H]5CC(CO)(CO)CC[C@]5(C)CC[C@@]4(C)[C@]3(C)CC[C@@H]12. The van der Waals surface area contributed by atoms with Gasteiger partial charge in [-0.1, -0.05) is 48.0 Å². The average molecular weight is 445 g/mol. The molecule has 32 heavy (non-hydrogen) atoms. The molecule has 0 aromatic heterocycles. The molecule has 2 N–H and O–H groups in total. The second-order valence-corrected chi connectivity index (χ2v) is 15.3. The highest BCUT2D eigenvalue weighted by molar-refractivity contribution is 5.18. The zero-order chi connectivity index (χ0) is 23.2. The lowest BCUT2D eigenvalue weighted by Gasteiger charge is -2.73. The zero-order valence-electron chi connectivity index (χ0n) is 22.1. The Bertz CT molecular complexity index is 739. The van der Waals surface area contributed by atoms with Crippen molar-refractivity contribution in [1.82, 2.24) is 0 Å². The molecule has 8 atom stereocenters. The van der Waals surface area contributed by atoms with Gasteiger partial charge < -0.3 is 10.2 Å². The van der Waals surface area contributed by atoms with Crippen LogP contribution in [0.5, 0.6) is 0 Å². The van der Waals surface area contributed by atoms with Crippen LogP contribution in [-0.2, 0) is 0 Å². The van der Waals surface area contributed by atoms with Crippen LogP contribution >= 0.6 is 0 Å². The Morgan fingerprint density at radius 3 is 2.00 bits per heavy atom. The topological polar surface area (TPSA) is 40.5 Å². The maximum Gasteiger partial charge on any atom is 0.0509 e. The second kappa shape index (κ2) is 7.22. The van der Waals surface area contributed by atoms with Crippen molar-refractivity contribution in [3.05, 3.63) is 0 Å². The molecule has 0 saturated heterocycles. The molecule has 5 fully saturated rings. The van der Waals surface area contributed by atoms with Crippen molar-refractivity contribution in [2.45, 2.75) is 119 Å². The van der Waals surface area contributed by atoms with Gasteiger partial charge in [0.1, 0.15) is 0 Å². The molecule has 184 valence electrons. The van der Waals surface area contributed by atoms with E-state index in [1.54, 1.807) is 0 Å². The van der Waals surface area contributed by atoms with E-state index >= 15 is 0 Å². The molecule has 0 aliphatic heterocycles. The molecule has 2 heteroatoms. The molecule has 0 spiro atoms. The Balaban J connectivity index is 1.51. The minimum absolute atomic E-state index is 0.161. The molecule has 5 saturated carbocycles. The van der Waals surface area contributed by atoms with E-state index in [-0.39, 0.29) is 18.6 Å². The van der Waals surface area contributed by atoms with Gasteiger partial charge in [0.15, 0.2) is 0 Å². The Morgan fingerprint density at radius 1 is 0.625 bits per heavy atom. The number of hydrogen-bond acceptors (Lipinski definition) is 2. The van der Waals surface area contributed by atoms with E-state index in [1.165, 1.54) is 64.2 Å². The van der Waals surface area contributed by atoms with Crippen molar-refractivity contribution >= 4 is 0 Å². The molecule has 0 amide bonds. The molecule has 0 bridgehead atoms. The van der Waals surface area contributed by atoms with E-state index in [1.807, 2.05) is 0 Å². The van der Waals surface area contributed by atoms with Gasteiger partial charge in [-0.3, -0.25) is 0 Å². The van der Waals surface area contributed by atoms with Gasteiger partial charge in [-0.25, -0.2) is 0 Å². The third-order valence-electron chi connectivity index (χ3n) is 13.8. The lowest BCUT2D eigenvalue weighted by atomic mass is 9.31. The quantitative estimate of drug-likeness (QED) is 0.472. The highest BCUT2D eigenvalue weighted by Crippen LogP contribution is 2.76. The molecule has 0 aromatic rings. The maximum absolute atomic E-state index is 10.3. The fourth-order valence-corrected chi connectivity index (χ4v) is 11.6. The molecule has 0 heterocycles. The molecule has 0 radical (unpaired) electrons. The summed E-state index contributed by atoms with van der Waals surface area (Å²) in [6.07, 6.45) is 15.9. The van der Waals surface area contributed by atoms with Gasteiger partial charge in [-0.15, -0.1) is 0 Å². The maximum atomic E-state index is 10.3. The van der Waals surface area contributed by atoms with Gasteiger partial charge in [0.2, 0.25) is 0 Å². The highest BCUT2D eigenvalue weighted by Gasteiger charge is 2.69. The van der Waals surface area contributed by atoms with Crippen LogP contribution in [0.15, 0.2) is 0 Å². The first-order valence-corrected chi connectivity index (χ1v) is 14.1. The van der Waals surface area contributed by atoms with Crippen LogP contribution in [0.25, 0.3) is 0 Å². The van der Waals surface area contributed by atoms with Gasteiger partial charge in [0.25, 0.3) is 0 Å². The Kier molecular flexibility index (Phi) is 5.34. The first-order valence-electron chi connectivity index (χ1n) is 14.1.